The van der Waals surface area contributed by atoms with E-state index in [-0.39, 0.29) is 24.4 Å². The first kappa shape index (κ1) is 16.6. The number of benzene rings is 1. The van der Waals surface area contributed by atoms with Crippen molar-refractivity contribution in [1.29, 1.82) is 0 Å². The van der Waals surface area contributed by atoms with Gasteiger partial charge in [0.15, 0.2) is 5.79 Å². The number of ether oxygens (including phenoxy) is 3. The average Bonchev–Trinajstić information content (AvgIpc) is 2.94. The van der Waals surface area contributed by atoms with Gasteiger partial charge in [-0.15, -0.1) is 0 Å². The van der Waals surface area contributed by atoms with Gasteiger partial charge in [0.1, 0.15) is 5.75 Å². The number of halogens is 1. The Kier molecular flexibility index (Phi) is 5.15. The molecule has 2 saturated heterocycles. The van der Waals surface area contributed by atoms with Crippen molar-refractivity contribution in [3.05, 3.63) is 29.8 Å². The molecule has 1 spiro atoms. The highest BCUT2D eigenvalue weighted by atomic mass is 35.5. The molecule has 3 rings (SSSR count). The van der Waals surface area contributed by atoms with Gasteiger partial charge in [0, 0.05) is 24.9 Å². The van der Waals surface area contributed by atoms with Gasteiger partial charge in [-0.25, -0.2) is 0 Å². The standard InChI is InChI=1S/C16H23NO3.ClH/c1-12-15(13-5-4-6-14(11-13)18-3)17(2)8-7-16(12)19-9-10-20-16;/h4-6,11-12,15H,7-10H2,1-3H3;1H/p-1/t12-,15?;/m0./s1. The summed E-state index contributed by atoms with van der Waals surface area (Å²) in [5.41, 5.74) is 1.26. The number of hydrogen-bond acceptors (Lipinski definition) is 4. The molecule has 0 aliphatic carbocycles. The lowest BCUT2D eigenvalue weighted by molar-refractivity contribution is -0.229. The Balaban J connectivity index is 0.00000161. The molecule has 2 atom stereocenters. The van der Waals surface area contributed by atoms with Crippen LogP contribution in [0.5, 0.6) is 5.75 Å². The molecular weight excluding hydrogens is 290 g/mol. The summed E-state index contributed by atoms with van der Waals surface area (Å²) < 4.78 is 17.3. The maximum atomic E-state index is 5.97. The van der Waals surface area contributed by atoms with Crippen molar-refractivity contribution in [1.82, 2.24) is 4.90 Å². The molecule has 118 valence electrons. The molecule has 2 aliphatic rings. The van der Waals surface area contributed by atoms with Gasteiger partial charge < -0.3 is 26.6 Å². The molecule has 0 bridgehead atoms. The first-order valence-corrected chi connectivity index (χ1v) is 7.28. The van der Waals surface area contributed by atoms with E-state index in [1.54, 1.807) is 7.11 Å². The van der Waals surface area contributed by atoms with Gasteiger partial charge in [-0.2, -0.15) is 0 Å². The lowest BCUT2D eigenvalue weighted by Gasteiger charge is -2.47. The zero-order chi connectivity index (χ0) is 14.2. The van der Waals surface area contributed by atoms with Crippen molar-refractivity contribution in [2.24, 2.45) is 5.92 Å². The van der Waals surface area contributed by atoms with Crippen molar-refractivity contribution in [2.45, 2.75) is 25.2 Å². The van der Waals surface area contributed by atoms with Crippen molar-refractivity contribution < 1.29 is 26.6 Å². The van der Waals surface area contributed by atoms with Crippen LogP contribution in [0.2, 0.25) is 0 Å². The van der Waals surface area contributed by atoms with Crippen molar-refractivity contribution in [3.63, 3.8) is 0 Å². The van der Waals surface area contributed by atoms with E-state index in [9.17, 15) is 0 Å². The van der Waals surface area contributed by atoms with Crippen LogP contribution in [-0.4, -0.2) is 44.6 Å². The van der Waals surface area contributed by atoms with E-state index in [1.165, 1.54) is 5.56 Å². The molecule has 0 radical (unpaired) electrons. The third kappa shape index (κ3) is 2.90. The third-order valence-corrected chi connectivity index (χ3v) is 4.67. The summed E-state index contributed by atoms with van der Waals surface area (Å²) in [5.74, 6) is 0.784. The second-order valence-electron chi connectivity index (χ2n) is 5.75. The Morgan fingerprint density at radius 1 is 1.29 bits per heavy atom. The van der Waals surface area contributed by atoms with Crippen LogP contribution >= 0.6 is 0 Å². The highest BCUT2D eigenvalue weighted by molar-refractivity contribution is 5.31. The van der Waals surface area contributed by atoms with E-state index >= 15 is 0 Å². The van der Waals surface area contributed by atoms with Crippen LogP contribution in [0.15, 0.2) is 24.3 Å². The molecule has 0 N–H and O–H groups in total. The zero-order valence-corrected chi connectivity index (χ0v) is 13.6. The number of methoxy groups -OCH3 is 1. The lowest BCUT2D eigenvalue weighted by Crippen LogP contribution is -3.00. The second-order valence-corrected chi connectivity index (χ2v) is 5.75. The Hall–Kier alpha value is -0.810. The highest BCUT2D eigenvalue weighted by Crippen LogP contribution is 2.45. The number of likely N-dealkylation sites (tertiary alicyclic amines) is 1. The molecule has 1 unspecified atom stereocenters. The van der Waals surface area contributed by atoms with Gasteiger partial charge in [0.2, 0.25) is 0 Å². The summed E-state index contributed by atoms with van der Waals surface area (Å²) in [4.78, 5) is 2.38. The van der Waals surface area contributed by atoms with Gasteiger partial charge in [0.25, 0.3) is 0 Å². The molecule has 5 heteroatoms. The van der Waals surface area contributed by atoms with E-state index in [0.717, 1.165) is 18.7 Å². The highest BCUT2D eigenvalue weighted by Gasteiger charge is 2.49. The molecule has 1 aromatic rings. The van der Waals surface area contributed by atoms with Crippen LogP contribution in [0.25, 0.3) is 0 Å². The molecule has 0 aromatic heterocycles. The molecule has 4 nitrogen and oxygen atoms in total. The smallest absolute Gasteiger partial charge is 0.174 e. The largest absolute Gasteiger partial charge is 1.00 e. The van der Waals surface area contributed by atoms with E-state index in [2.05, 4.69) is 31.0 Å². The number of nitrogens with zero attached hydrogens (tertiary/aromatic N) is 1. The zero-order valence-electron chi connectivity index (χ0n) is 12.8. The molecule has 0 amide bonds. The average molecular weight is 313 g/mol. The van der Waals surface area contributed by atoms with E-state index in [0.29, 0.717) is 13.2 Å². The van der Waals surface area contributed by atoms with Gasteiger partial charge in [0.05, 0.1) is 20.3 Å². The normalized spacial score (nSPS) is 28.3. The predicted molar refractivity (Wildman–Crippen MR) is 76.8 cm³/mol. The van der Waals surface area contributed by atoms with Crippen LogP contribution in [0.1, 0.15) is 24.9 Å². The van der Waals surface area contributed by atoms with Crippen LogP contribution in [-0.2, 0) is 9.47 Å². The van der Waals surface area contributed by atoms with E-state index in [4.69, 9.17) is 14.2 Å². The molecule has 0 saturated carbocycles. The maximum absolute atomic E-state index is 5.97. The minimum absolute atomic E-state index is 0. The number of rotatable bonds is 2. The Bertz CT molecular complexity index is 476. The van der Waals surface area contributed by atoms with Crippen molar-refractivity contribution in [3.8, 4) is 5.75 Å². The topological polar surface area (TPSA) is 30.9 Å². The first-order valence-electron chi connectivity index (χ1n) is 7.28. The molecule has 2 heterocycles. The summed E-state index contributed by atoms with van der Waals surface area (Å²) >= 11 is 0. The molecule has 2 fully saturated rings. The first-order chi connectivity index (χ1) is 9.66. The van der Waals surface area contributed by atoms with Gasteiger partial charge >= 0.3 is 0 Å². The Morgan fingerprint density at radius 3 is 2.67 bits per heavy atom. The summed E-state index contributed by atoms with van der Waals surface area (Å²) in [6.45, 7) is 4.62. The second kappa shape index (κ2) is 6.53. The predicted octanol–water partition coefficient (Wildman–Crippen LogP) is -0.545. The van der Waals surface area contributed by atoms with Crippen LogP contribution < -0.4 is 17.1 Å². The summed E-state index contributed by atoms with van der Waals surface area (Å²) in [6.07, 6.45) is 0.936. The van der Waals surface area contributed by atoms with Gasteiger partial charge in [-0.1, -0.05) is 19.1 Å². The SMILES string of the molecule is COc1cccc(C2[C@H](C)C3(CCN2C)OCCO3)c1.[Cl-]. The summed E-state index contributed by atoms with van der Waals surface area (Å²) in [6, 6.07) is 8.60. The molecular formula is C16H23ClNO3-. The monoisotopic (exact) mass is 312 g/mol. The minimum atomic E-state index is -0.403. The third-order valence-electron chi connectivity index (χ3n) is 4.67. The molecule has 21 heavy (non-hydrogen) atoms. The van der Waals surface area contributed by atoms with E-state index in [1.807, 2.05) is 12.1 Å². The minimum Gasteiger partial charge on any atom is -1.00 e. The Labute approximate surface area is 132 Å². The lowest BCUT2D eigenvalue weighted by atomic mass is 9.81. The molecule has 1 aromatic carbocycles. The van der Waals surface area contributed by atoms with Crippen molar-refractivity contribution >= 4 is 0 Å². The fraction of sp³-hybridized carbons (Fsp3) is 0.625. The fourth-order valence-corrected chi connectivity index (χ4v) is 3.57. The van der Waals surface area contributed by atoms with Gasteiger partial charge in [-0.05, 0) is 24.7 Å². The number of hydrogen-bond donors (Lipinski definition) is 0. The number of piperidine rings is 1. The van der Waals surface area contributed by atoms with Crippen molar-refractivity contribution in [2.75, 3.05) is 33.9 Å². The van der Waals surface area contributed by atoms with E-state index < -0.39 is 5.79 Å². The quantitative estimate of drug-likeness (QED) is 0.734. The van der Waals surface area contributed by atoms with Gasteiger partial charge in [-0.3, -0.25) is 4.90 Å². The fourth-order valence-electron chi connectivity index (χ4n) is 3.57. The Morgan fingerprint density at radius 2 is 2.00 bits per heavy atom. The van der Waals surface area contributed by atoms with Crippen LogP contribution in [0, 0.1) is 5.92 Å². The summed E-state index contributed by atoms with van der Waals surface area (Å²) in [7, 11) is 3.88. The van der Waals surface area contributed by atoms with Crippen LogP contribution in [0.4, 0.5) is 0 Å². The summed E-state index contributed by atoms with van der Waals surface area (Å²) in [5, 5.41) is 0. The van der Waals surface area contributed by atoms with Crippen LogP contribution in [0.3, 0.4) is 0 Å². The molecule has 2 aliphatic heterocycles. The maximum Gasteiger partial charge on any atom is 0.174 e.